The summed E-state index contributed by atoms with van der Waals surface area (Å²) in [5.41, 5.74) is 0.0811. The van der Waals surface area contributed by atoms with Gasteiger partial charge in [-0.1, -0.05) is 0 Å². The quantitative estimate of drug-likeness (QED) is 0.845. The van der Waals surface area contributed by atoms with Gasteiger partial charge in [0.1, 0.15) is 5.75 Å². The number of rotatable bonds is 2. The standard InChI is InChI=1S/C20H23F3N4O/c1-12-9-14(20(21,22)23)10-17(28)19(12)15-3-4-18(25-24-15)27-8-6-13-5-7-26(2)11-16(13)27/h3-4,9-10,13,16,28H,5-8,11H2,1-2H3/t13-,16-/m0/s1. The number of aromatic nitrogens is 2. The summed E-state index contributed by atoms with van der Waals surface area (Å²) in [6, 6.07) is 5.74. The second-order valence-electron chi connectivity index (χ2n) is 7.82. The molecule has 2 fully saturated rings. The van der Waals surface area contributed by atoms with Gasteiger partial charge in [0.15, 0.2) is 5.82 Å². The van der Waals surface area contributed by atoms with Crippen molar-refractivity contribution in [2.75, 3.05) is 31.6 Å². The summed E-state index contributed by atoms with van der Waals surface area (Å²) in [6.45, 7) is 4.57. The summed E-state index contributed by atoms with van der Waals surface area (Å²) in [4.78, 5) is 4.60. The number of nitrogens with zero attached hydrogens (tertiary/aromatic N) is 4. The lowest BCUT2D eigenvalue weighted by Crippen LogP contribution is -2.47. The van der Waals surface area contributed by atoms with Crippen LogP contribution in [0.15, 0.2) is 24.3 Å². The first-order valence-electron chi connectivity index (χ1n) is 9.44. The first-order valence-corrected chi connectivity index (χ1v) is 9.44. The fraction of sp³-hybridized carbons (Fsp3) is 0.500. The van der Waals surface area contributed by atoms with Crippen LogP contribution in [0, 0.1) is 12.8 Å². The second-order valence-corrected chi connectivity index (χ2v) is 7.82. The Morgan fingerprint density at radius 3 is 2.50 bits per heavy atom. The number of benzene rings is 1. The largest absolute Gasteiger partial charge is 0.507 e. The Hall–Kier alpha value is -2.35. The molecule has 8 heteroatoms. The van der Waals surface area contributed by atoms with Crippen LogP contribution in [0.1, 0.15) is 24.0 Å². The van der Waals surface area contributed by atoms with Crippen LogP contribution in [0.25, 0.3) is 11.3 Å². The van der Waals surface area contributed by atoms with E-state index in [0.717, 1.165) is 44.0 Å². The molecular formula is C20H23F3N4O. The Balaban J connectivity index is 1.61. The summed E-state index contributed by atoms with van der Waals surface area (Å²) in [7, 11) is 2.12. The predicted molar refractivity (Wildman–Crippen MR) is 100 cm³/mol. The molecule has 0 bridgehead atoms. The lowest BCUT2D eigenvalue weighted by Gasteiger charge is -2.36. The summed E-state index contributed by atoms with van der Waals surface area (Å²) >= 11 is 0. The van der Waals surface area contributed by atoms with Crippen molar-refractivity contribution in [3.8, 4) is 17.0 Å². The van der Waals surface area contributed by atoms with E-state index < -0.39 is 17.5 Å². The minimum Gasteiger partial charge on any atom is -0.507 e. The molecule has 2 aliphatic heterocycles. The van der Waals surface area contributed by atoms with Gasteiger partial charge in [0.25, 0.3) is 0 Å². The van der Waals surface area contributed by atoms with E-state index in [2.05, 4.69) is 27.0 Å². The Morgan fingerprint density at radius 2 is 1.86 bits per heavy atom. The number of phenols is 1. The van der Waals surface area contributed by atoms with E-state index >= 15 is 0 Å². The zero-order valence-electron chi connectivity index (χ0n) is 15.9. The number of aromatic hydroxyl groups is 1. The maximum Gasteiger partial charge on any atom is 0.416 e. The molecule has 0 unspecified atom stereocenters. The van der Waals surface area contributed by atoms with Gasteiger partial charge in [0, 0.05) is 24.7 Å². The summed E-state index contributed by atoms with van der Waals surface area (Å²) in [5, 5.41) is 18.7. The average Bonchev–Trinajstić information content (AvgIpc) is 3.04. The Labute approximate surface area is 161 Å². The number of alkyl halides is 3. The van der Waals surface area contributed by atoms with Gasteiger partial charge in [-0.05, 0) is 69.1 Å². The highest BCUT2D eigenvalue weighted by molar-refractivity contribution is 5.71. The van der Waals surface area contributed by atoms with Gasteiger partial charge in [-0.25, -0.2) is 0 Å². The molecular weight excluding hydrogens is 369 g/mol. The lowest BCUT2D eigenvalue weighted by atomic mass is 9.92. The molecule has 0 amide bonds. The number of likely N-dealkylation sites (N-methyl/N-ethyl adjacent to an activating group) is 1. The molecule has 2 atom stereocenters. The highest BCUT2D eigenvalue weighted by Crippen LogP contribution is 2.39. The Bertz CT molecular complexity index is 846. The third-order valence-electron chi connectivity index (χ3n) is 5.91. The van der Waals surface area contributed by atoms with Crippen LogP contribution in [-0.2, 0) is 6.18 Å². The van der Waals surface area contributed by atoms with Gasteiger partial charge in [-0.15, -0.1) is 10.2 Å². The highest BCUT2D eigenvalue weighted by atomic mass is 19.4. The maximum atomic E-state index is 12.9. The van der Waals surface area contributed by atoms with Crippen molar-refractivity contribution in [1.82, 2.24) is 15.1 Å². The molecule has 5 nitrogen and oxygen atoms in total. The molecule has 1 aromatic heterocycles. The number of hydrogen-bond donors (Lipinski definition) is 1. The van der Waals surface area contributed by atoms with Crippen molar-refractivity contribution in [3.63, 3.8) is 0 Å². The highest BCUT2D eigenvalue weighted by Gasteiger charge is 2.38. The number of aryl methyl sites for hydroxylation is 1. The van der Waals surface area contributed by atoms with Crippen molar-refractivity contribution in [3.05, 3.63) is 35.4 Å². The van der Waals surface area contributed by atoms with Gasteiger partial charge in [0.2, 0.25) is 0 Å². The number of phenolic OH excluding ortho intramolecular Hbond substituents is 1. The van der Waals surface area contributed by atoms with Crippen molar-refractivity contribution in [1.29, 1.82) is 0 Å². The molecule has 0 saturated carbocycles. The predicted octanol–water partition coefficient (Wildman–Crippen LogP) is 3.71. The Morgan fingerprint density at radius 1 is 1.11 bits per heavy atom. The average molecular weight is 392 g/mol. The third-order valence-corrected chi connectivity index (χ3v) is 5.91. The van der Waals surface area contributed by atoms with Crippen LogP contribution in [0.2, 0.25) is 0 Å². The van der Waals surface area contributed by atoms with Crippen LogP contribution in [0.4, 0.5) is 19.0 Å². The third kappa shape index (κ3) is 3.41. The maximum absolute atomic E-state index is 12.9. The minimum absolute atomic E-state index is 0.281. The molecule has 1 N–H and O–H groups in total. The molecule has 28 heavy (non-hydrogen) atoms. The number of piperidine rings is 1. The number of fused-ring (bicyclic) bond motifs is 1. The van der Waals surface area contributed by atoms with Gasteiger partial charge in [-0.2, -0.15) is 13.2 Å². The van der Waals surface area contributed by atoms with Crippen LogP contribution in [0.3, 0.4) is 0 Å². The van der Waals surface area contributed by atoms with Crippen LogP contribution >= 0.6 is 0 Å². The van der Waals surface area contributed by atoms with Crippen LogP contribution < -0.4 is 4.90 Å². The molecule has 1 aromatic carbocycles. The smallest absolute Gasteiger partial charge is 0.416 e. The summed E-state index contributed by atoms with van der Waals surface area (Å²) in [5.74, 6) is 0.999. The van der Waals surface area contributed by atoms with E-state index in [1.165, 1.54) is 13.3 Å². The van der Waals surface area contributed by atoms with Gasteiger partial charge in [0.05, 0.1) is 11.3 Å². The van der Waals surface area contributed by atoms with E-state index in [1.54, 1.807) is 6.07 Å². The summed E-state index contributed by atoms with van der Waals surface area (Å²) < 4.78 is 38.8. The van der Waals surface area contributed by atoms with E-state index in [-0.39, 0.29) is 5.56 Å². The second kappa shape index (κ2) is 6.92. The first kappa shape index (κ1) is 19.0. The molecule has 0 aliphatic carbocycles. The van der Waals surface area contributed by atoms with Crippen molar-refractivity contribution in [2.24, 2.45) is 5.92 Å². The molecule has 3 heterocycles. The number of hydrogen-bond acceptors (Lipinski definition) is 5. The van der Waals surface area contributed by atoms with E-state index in [4.69, 9.17) is 0 Å². The van der Waals surface area contributed by atoms with E-state index in [9.17, 15) is 18.3 Å². The SMILES string of the molecule is Cc1cc(C(F)(F)F)cc(O)c1-c1ccc(N2CC[C@@H]3CCN(C)C[C@@H]32)nn1. The molecule has 2 aromatic rings. The molecule has 0 radical (unpaired) electrons. The zero-order valence-corrected chi connectivity index (χ0v) is 15.9. The van der Waals surface area contributed by atoms with E-state index in [1.807, 2.05) is 6.07 Å². The lowest BCUT2D eigenvalue weighted by molar-refractivity contribution is -0.137. The van der Waals surface area contributed by atoms with E-state index in [0.29, 0.717) is 23.2 Å². The molecule has 4 rings (SSSR count). The monoisotopic (exact) mass is 392 g/mol. The molecule has 2 saturated heterocycles. The first-order chi connectivity index (χ1) is 13.2. The molecule has 150 valence electrons. The normalized spacial score (nSPS) is 23.1. The fourth-order valence-corrected chi connectivity index (χ4v) is 4.46. The summed E-state index contributed by atoms with van der Waals surface area (Å²) in [6.07, 6.45) is -2.18. The van der Waals surface area contributed by atoms with Gasteiger partial charge < -0.3 is 14.9 Å². The zero-order chi connectivity index (χ0) is 20.1. The minimum atomic E-state index is -4.50. The topological polar surface area (TPSA) is 52.5 Å². The molecule has 2 aliphatic rings. The van der Waals surface area contributed by atoms with Crippen LogP contribution in [0.5, 0.6) is 5.75 Å². The number of likely N-dealkylation sites (tertiary alicyclic amines) is 1. The van der Waals surface area contributed by atoms with Crippen molar-refractivity contribution < 1.29 is 18.3 Å². The number of anilines is 1. The Kier molecular flexibility index (Phi) is 4.69. The molecule has 0 spiro atoms. The van der Waals surface area contributed by atoms with Crippen molar-refractivity contribution in [2.45, 2.75) is 32.0 Å². The number of halogens is 3. The van der Waals surface area contributed by atoms with Crippen molar-refractivity contribution >= 4 is 5.82 Å². The van der Waals surface area contributed by atoms with Gasteiger partial charge >= 0.3 is 6.18 Å². The van der Waals surface area contributed by atoms with Crippen LogP contribution in [-0.4, -0.2) is 52.9 Å². The van der Waals surface area contributed by atoms with Gasteiger partial charge in [-0.3, -0.25) is 0 Å². The fourth-order valence-electron chi connectivity index (χ4n) is 4.46.